The van der Waals surface area contributed by atoms with E-state index in [4.69, 9.17) is 44.3 Å². The third-order valence-corrected chi connectivity index (χ3v) is 3.25. The van der Waals surface area contributed by atoms with Crippen molar-refractivity contribution in [1.29, 1.82) is 0 Å². The molecule has 0 unspecified atom stereocenters. The standard InChI is InChI=1S/C11H15Cl3N2O2/c1-17-5-3-16(4-6-18-2)11-9(13)7-8(12)10(14)15-11/h7H,3-6H2,1-2H3. The summed E-state index contributed by atoms with van der Waals surface area (Å²) in [5.41, 5.74) is 0. The maximum absolute atomic E-state index is 6.13. The van der Waals surface area contributed by atoms with Gasteiger partial charge in [0.1, 0.15) is 11.0 Å². The molecule has 1 rings (SSSR count). The Balaban J connectivity index is 2.92. The van der Waals surface area contributed by atoms with Crippen LogP contribution in [-0.4, -0.2) is 45.5 Å². The highest BCUT2D eigenvalue weighted by Crippen LogP contribution is 2.31. The topological polar surface area (TPSA) is 34.6 Å². The molecule has 0 bridgehead atoms. The van der Waals surface area contributed by atoms with E-state index in [-0.39, 0.29) is 5.15 Å². The fourth-order valence-corrected chi connectivity index (χ4v) is 2.00. The molecular weight excluding hydrogens is 298 g/mol. The van der Waals surface area contributed by atoms with Gasteiger partial charge in [0.2, 0.25) is 0 Å². The number of halogens is 3. The lowest BCUT2D eigenvalue weighted by atomic mass is 10.4. The van der Waals surface area contributed by atoms with Crippen molar-refractivity contribution in [3.8, 4) is 0 Å². The van der Waals surface area contributed by atoms with Crippen LogP contribution in [0, 0.1) is 0 Å². The van der Waals surface area contributed by atoms with Gasteiger partial charge in [0.05, 0.1) is 23.3 Å². The highest BCUT2D eigenvalue weighted by molar-refractivity contribution is 6.42. The second-order valence-electron chi connectivity index (χ2n) is 3.54. The lowest BCUT2D eigenvalue weighted by Crippen LogP contribution is -2.31. The first-order chi connectivity index (χ1) is 8.60. The summed E-state index contributed by atoms with van der Waals surface area (Å²) in [7, 11) is 3.27. The number of hydrogen-bond donors (Lipinski definition) is 0. The van der Waals surface area contributed by atoms with Crippen LogP contribution in [0.25, 0.3) is 0 Å². The van der Waals surface area contributed by atoms with Crippen LogP contribution < -0.4 is 4.90 Å². The predicted molar refractivity (Wildman–Crippen MR) is 75.2 cm³/mol. The van der Waals surface area contributed by atoms with Crippen molar-refractivity contribution in [2.75, 3.05) is 45.4 Å². The molecule has 0 atom stereocenters. The third-order valence-electron chi connectivity index (χ3n) is 2.30. The molecule has 18 heavy (non-hydrogen) atoms. The number of pyridine rings is 1. The largest absolute Gasteiger partial charge is 0.383 e. The fraction of sp³-hybridized carbons (Fsp3) is 0.545. The summed E-state index contributed by atoms with van der Waals surface area (Å²) in [4.78, 5) is 6.14. The smallest absolute Gasteiger partial charge is 0.150 e. The van der Waals surface area contributed by atoms with Gasteiger partial charge < -0.3 is 14.4 Å². The van der Waals surface area contributed by atoms with Crippen molar-refractivity contribution in [3.05, 3.63) is 21.3 Å². The van der Waals surface area contributed by atoms with Crippen LogP contribution in [0.5, 0.6) is 0 Å². The van der Waals surface area contributed by atoms with E-state index in [2.05, 4.69) is 4.98 Å². The van der Waals surface area contributed by atoms with E-state index in [0.717, 1.165) is 0 Å². The van der Waals surface area contributed by atoms with Crippen molar-refractivity contribution < 1.29 is 9.47 Å². The fourth-order valence-electron chi connectivity index (χ4n) is 1.38. The summed E-state index contributed by atoms with van der Waals surface area (Å²) in [6.07, 6.45) is 0. The second-order valence-corrected chi connectivity index (χ2v) is 4.71. The summed E-state index contributed by atoms with van der Waals surface area (Å²) >= 11 is 17.9. The van der Waals surface area contributed by atoms with Crippen LogP contribution >= 0.6 is 34.8 Å². The Morgan fingerprint density at radius 2 is 1.61 bits per heavy atom. The molecular formula is C11H15Cl3N2O2. The van der Waals surface area contributed by atoms with Gasteiger partial charge in [-0.25, -0.2) is 4.98 Å². The Bertz CT molecular complexity index is 383. The molecule has 0 saturated carbocycles. The summed E-state index contributed by atoms with van der Waals surface area (Å²) in [6.45, 7) is 2.40. The molecule has 1 heterocycles. The zero-order valence-electron chi connectivity index (χ0n) is 10.3. The number of anilines is 1. The minimum atomic E-state index is 0.232. The van der Waals surface area contributed by atoms with Crippen LogP contribution in [-0.2, 0) is 9.47 Å². The molecule has 0 radical (unpaired) electrons. The highest BCUT2D eigenvalue weighted by atomic mass is 35.5. The lowest BCUT2D eigenvalue weighted by molar-refractivity contribution is 0.190. The first-order valence-electron chi connectivity index (χ1n) is 5.34. The molecule has 0 spiro atoms. The molecule has 102 valence electrons. The monoisotopic (exact) mass is 312 g/mol. The highest BCUT2D eigenvalue weighted by Gasteiger charge is 2.14. The summed E-state index contributed by atoms with van der Waals surface area (Å²) < 4.78 is 10.1. The average Bonchev–Trinajstić information content (AvgIpc) is 2.35. The van der Waals surface area contributed by atoms with Crippen molar-refractivity contribution in [3.63, 3.8) is 0 Å². The summed E-state index contributed by atoms with van der Waals surface area (Å²) in [5, 5.41) is 1.02. The number of hydrogen-bond acceptors (Lipinski definition) is 4. The maximum atomic E-state index is 6.13. The maximum Gasteiger partial charge on any atom is 0.150 e. The van der Waals surface area contributed by atoms with Crippen LogP contribution in [0.3, 0.4) is 0 Å². The van der Waals surface area contributed by atoms with Gasteiger partial charge in [0, 0.05) is 27.3 Å². The summed E-state index contributed by atoms with van der Waals surface area (Å²) in [5.74, 6) is 0.583. The van der Waals surface area contributed by atoms with Crippen LogP contribution in [0.4, 0.5) is 5.82 Å². The van der Waals surface area contributed by atoms with Crippen molar-refractivity contribution in [2.24, 2.45) is 0 Å². The van der Waals surface area contributed by atoms with E-state index in [1.165, 1.54) is 0 Å². The zero-order valence-corrected chi connectivity index (χ0v) is 12.5. The van der Waals surface area contributed by atoms with E-state index in [1.54, 1.807) is 20.3 Å². The number of aromatic nitrogens is 1. The lowest BCUT2D eigenvalue weighted by Gasteiger charge is -2.24. The minimum absolute atomic E-state index is 0.232. The van der Waals surface area contributed by atoms with Crippen LogP contribution in [0.2, 0.25) is 15.2 Å². The van der Waals surface area contributed by atoms with Crippen molar-refractivity contribution in [1.82, 2.24) is 4.98 Å². The molecule has 0 aliphatic carbocycles. The zero-order chi connectivity index (χ0) is 13.5. The number of rotatable bonds is 7. The molecule has 0 aliphatic heterocycles. The Morgan fingerprint density at radius 1 is 1.06 bits per heavy atom. The first kappa shape index (κ1) is 15.8. The molecule has 4 nitrogen and oxygen atoms in total. The Labute approximate surface area is 122 Å². The predicted octanol–water partition coefficient (Wildman–Crippen LogP) is 3.14. The number of ether oxygens (including phenoxy) is 2. The third kappa shape index (κ3) is 4.44. The van der Waals surface area contributed by atoms with Gasteiger partial charge in [-0.15, -0.1) is 0 Å². The number of nitrogens with zero attached hydrogens (tertiary/aromatic N) is 2. The molecule has 0 N–H and O–H groups in total. The minimum Gasteiger partial charge on any atom is -0.383 e. The quantitative estimate of drug-likeness (QED) is 0.724. The van der Waals surface area contributed by atoms with Crippen LogP contribution in [0.1, 0.15) is 0 Å². The van der Waals surface area contributed by atoms with Gasteiger partial charge in [-0.2, -0.15) is 0 Å². The van der Waals surface area contributed by atoms with E-state index >= 15 is 0 Å². The molecule has 1 aromatic rings. The van der Waals surface area contributed by atoms with Gasteiger partial charge in [-0.1, -0.05) is 34.8 Å². The van der Waals surface area contributed by atoms with E-state index in [1.807, 2.05) is 4.90 Å². The van der Waals surface area contributed by atoms with Gasteiger partial charge in [0.15, 0.2) is 0 Å². The van der Waals surface area contributed by atoms with Gasteiger partial charge >= 0.3 is 0 Å². The molecule has 0 aliphatic rings. The molecule has 0 amide bonds. The van der Waals surface area contributed by atoms with E-state index in [9.17, 15) is 0 Å². The molecule has 0 fully saturated rings. The number of methoxy groups -OCH3 is 2. The average molecular weight is 314 g/mol. The molecule has 7 heteroatoms. The Morgan fingerprint density at radius 3 is 2.11 bits per heavy atom. The normalized spacial score (nSPS) is 10.7. The van der Waals surface area contributed by atoms with E-state index in [0.29, 0.717) is 42.2 Å². The van der Waals surface area contributed by atoms with Gasteiger partial charge in [-0.05, 0) is 6.07 Å². The van der Waals surface area contributed by atoms with Crippen molar-refractivity contribution >= 4 is 40.6 Å². The SMILES string of the molecule is COCCN(CCOC)c1nc(Cl)c(Cl)cc1Cl. The Hall–Kier alpha value is -0.260. The molecule has 1 aromatic heterocycles. The Kier molecular flexibility index (Phi) is 7.04. The van der Waals surface area contributed by atoms with Crippen molar-refractivity contribution in [2.45, 2.75) is 0 Å². The second kappa shape index (κ2) is 8.02. The van der Waals surface area contributed by atoms with Crippen LogP contribution in [0.15, 0.2) is 6.07 Å². The van der Waals surface area contributed by atoms with E-state index < -0.39 is 0 Å². The van der Waals surface area contributed by atoms with Gasteiger partial charge in [0.25, 0.3) is 0 Å². The summed E-state index contributed by atoms with van der Waals surface area (Å²) in [6, 6.07) is 1.58. The molecule has 0 saturated heterocycles. The van der Waals surface area contributed by atoms with Gasteiger partial charge in [-0.3, -0.25) is 0 Å². The molecule has 0 aromatic carbocycles. The first-order valence-corrected chi connectivity index (χ1v) is 6.48.